The Hall–Kier alpha value is -2.55. The third-order valence-electron chi connectivity index (χ3n) is 5.00. The van der Waals surface area contributed by atoms with E-state index < -0.39 is 0 Å². The zero-order chi connectivity index (χ0) is 19.4. The first-order valence-electron chi connectivity index (χ1n) is 9.89. The lowest BCUT2D eigenvalue weighted by Crippen LogP contribution is -2.25. The average molecular weight is 363 g/mol. The molecule has 0 radical (unpaired) electrons. The summed E-state index contributed by atoms with van der Waals surface area (Å²) in [5.74, 6) is 0.886. The molecule has 1 aromatic heterocycles. The largest absolute Gasteiger partial charge is 0.496 e. The molecule has 3 heteroatoms. The first kappa shape index (κ1) is 19.2. The molecule has 0 spiro atoms. The number of benzene rings is 2. The number of pyridine rings is 1. The SMILES string of the molecule is CCCN(CCC)c1cnc(-c2c(C)cc(C)cc2OC)c2ccccc12. The molecule has 0 aliphatic rings. The van der Waals surface area contributed by atoms with Crippen LogP contribution in [0.25, 0.3) is 22.0 Å². The van der Waals surface area contributed by atoms with Crippen molar-refractivity contribution in [2.24, 2.45) is 0 Å². The maximum absolute atomic E-state index is 5.71. The van der Waals surface area contributed by atoms with E-state index in [-0.39, 0.29) is 0 Å². The average Bonchev–Trinajstić information content (AvgIpc) is 2.67. The summed E-state index contributed by atoms with van der Waals surface area (Å²) in [6, 6.07) is 12.9. The van der Waals surface area contributed by atoms with Gasteiger partial charge in [0.2, 0.25) is 0 Å². The quantitative estimate of drug-likeness (QED) is 0.504. The summed E-state index contributed by atoms with van der Waals surface area (Å²) < 4.78 is 5.71. The van der Waals surface area contributed by atoms with Crippen LogP contribution < -0.4 is 9.64 Å². The normalized spacial score (nSPS) is 11.0. The molecule has 0 amide bonds. The number of anilines is 1. The van der Waals surface area contributed by atoms with Crippen LogP contribution in [0.4, 0.5) is 5.69 Å². The van der Waals surface area contributed by atoms with Crippen LogP contribution in [0.2, 0.25) is 0 Å². The lowest BCUT2D eigenvalue weighted by Gasteiger charge is -2.26. The number of ether oxygens (including phenoxy) is 1. The highest BCUT2D eigenvalue weighted by Crippen LogP contribution is 2.39. The molecule has 0 saturated carbocycles. The van der Waals surface area contributed by atoms with Crippen LogP contribution in [0.5, 0.6) is 5.75 Å². The van der Waals surface area contributed by atoms with Gasteiger partial charge in [0.1, 0.15) is 5.75 Å². The van der Waals surface area contributed by atoms with Gasteiger partial charge in [-0.2, -0.15) is 0 Å². The van der Waals surface area contributed by atoms with Gasteiger partial charge in [-0.3, -0.25) is 4.98 Å². The van der Waals surface area contributed by atoms with E-state index in [2.05, 4.69) is 69.0 Å². The van der Waals surface area contributed by atoms with Crippen molar-refractivity contribution in [1.29, 1.82) is 0 Å². The van der Waals surface area contributed by atoms with Crippen molar-refractivity contribution >= 4 is 16.5 Å². The lowest BCUT2D eigenvalue weighted by atomic mass is 9.96. The number of hydrogen-bond donors (Lipinski definition) is 0. The molecular weight excluding hydrogens is 332 g/mol. The Labute approximate surface area is 163 Å². The number of rotatable bonds is 7. The minimum Gasteiger partial charge on any atom is -0.496 e. The minimum atomic E-state index is 0.886. The Morgan fingerprint density at radius 3 is 2.26 bits per heavy atom. The highest BCUT2D eigenvalue weighted by Gasteiger charge is 2.18. The van der Waals surface area contributed by atoms with Crippen LogP contribution in [0.3, 0.4) is 0 Å². The van der Waals surface area contributed by atoms with Crippen LogP contribution in [-0.2, 0) is 0 Å². The van der Waals surface area contributed by atoms with Gasteiger partial charge in [0.05, 0.1) is 24.7 Å². The van der Waals surface area contributed by atoms with Gasteiger partial charge in [-0.15, -0.1) is 0 Å². The first-order chi connectivity index (χ1) is 13.1. The monoisotopic (exact) mass is 362 g/mol. The molecule has 0 aliphatic carbocycles. The molecule has 3 aromatic rings. The molecule has 2 aromatic carbocycles. The minimum absolute atomic E-state index is 0.886. The summed E-state index contributed by atoms with van der Waals surface area (Å²) in [7, 11) is 1.73. The van der Waals surface area contributed by atoms with Crippen LogP contribution >= 0.6 is 0 Å². The summed E-state index contributed by atoms with van der Waals surface area (Å²) in [6.07, 6.45) is 4.30. The Morgan fingerprint density at radius 2 is 1.63 bits per heavy atom. The summed E-state index contributed by atoms with van der Waals surface area (Å²) >= 11 is 0. The van der Waals surface area contributed by atoms with Gasteiger partial charge in [-0.05, 0) is 43.9 Å². The van der Waals surface area contributed by atoms with E-state index in [0.29, 0.717) is 0 Å². The Kier molecular flexibility index (Phi) is 6.00. The summed E-state index contributed by atoms with van der Waals surface area (Å²) in [5.41, 5.74) is 5.70. The molecule has 0 N–H and O–H groups in total. The van der Waals surface area contributed by atoms with Crippen molar-refractivity contribution in [3.63, 3.8) is 0 Å². The molecule has 0 aliphatic heterocycles. The standard InChI is InChI=1S/C24H30N2O/c1-6-12-26(13-7-2)21-16-25-24(20-11-9-8-10-19(20)21)23-18(4)14-17(3)15-22(23)27-5/h8-11,14-16H,6-7,12-13H2,1-5H3. The summed E-state index contributed by atoms with van der Waals surface area (Å²) in [6.45, 7) is 10.8. The van der Waals surface area contributed by atoms with Crippen molar-refractivity contribution in [3.05, 3.63) is 53.7 Å². The fraction of sp³-hybridized carbons (Fsp3) is 0.375. The molecule has 3 rings (SSSR count). The molecule has 0 unspecified atom stereocenters. The zero-order valence-electron chi connectivity index (χ0n) is 17.2. The highest BCUT2D eigenvalue weighted by molar-refractivity contribution is 6.03. The second kappa shape index (κ2) is 8.43. The van der Waals surface area contributed by atoms with Crippen molar-refractivity contribution < 1.29 is 4.74 Å². The van der Waals surface area contributed by atoms with Crippen LogP contribution in [0.1, 0.15) is 37.8 Å². The second-order valence-electron chi connectivity index (χ2n) is 7.18. The highest BCUT2D eigenvalue weighted by atomic mass is 16.5. The van der Waals surface area contributed by atoms with Gasteiger partial charge in [0, 0.05) is 29.4 Å². The number of fused-ring (bicyclic) bond motifs is 1. The van der Waals surface area contributed by atoms with Gasteiger partial charge >= 0.3 is 0 Å². The van der Waals surface area contributed by atoms with E-state index in [1.165, 1.54) is 27.6 Å². The molecule has 27 heavy (non-hydrogen) atoms. The number of methoxy groups -OCH3 is 1. The topological polar surface area (TPSA) is 25.4 Å². The van der Waals surface area contributed by atoms with Crippen molar-refractivity contribution in [3.8, 4) is 17.0 Å². The van der Waals surface area contributed by atoms with Gasteiger partial charge in [0.15, 0.2) is 0 Å². The Balaban J connectivity index is 2.25. The third kappa shape index (κ3) is 3.78. The van der Waals surface area contributed by atoms with E-state index in [1.807, 2.05) is 6.20 Å². The number of aromatic nitrogens is 1. The van der Waals surface area contributed by atoms with Crippen LogP contribution in [0.15, 0.2) is 42.6 Å². The number of aryl methyl sites for hydroxylation is 2. The lowest BCUT2D eigenvalue weighted by molar-refractivity contribution is 0.415. The maximum atomic E-state index is 5.71. The Morgan fingerprint density at radius 1 is 0.963 bits per heavy atom. The molecule has 0 saturated heterocycles. The van der Waals surface area contributed by atoms with Gasteiger partial charge in [-0.1, -0.05) is 44.2 Å². The van der Waals surface area contributed by atoms with E-state index in [0.717, 1.165) is 42.9 Å². The van der Waals surface area contributed by atoms with E-state index in [1.54, 1.807) is 7.11 Å². The fourth-order valence-electron chi connectivity index (χ4n) is 3.91. The van der Waals surface area contributed by atoms with Crippen LogP contribution in [0, 0.1) is 13.8 Å². The van der Waals surface area contributed by atoms with Crippen molar-refractivity contribution in [2.75, 3.05) is 25.1 Å². The van der Waals surface area contributed by atoms with E-state index >= 15 is 0 Å². The molecule has 142 valence electrons. The Bertz CT molecular complexity index is 927. The fourth-order valence-corrected chi connectivity index (χ4v) is 3.91. The molecule has 3 nitrogen and oxygen atoms in total. The summed E-state index contributed by atoms with van der Waals surface area (Å²) in [4.78, 5) is 7.40. The molecule has 0 fully saturated rings. The predicted octanol–water partition coefficient (Wildman–Crippen LogP) is 6.15. The maximum Gasteiger partial charge on any atom is 0.128 e. The van der Waals surface area contributed by atoms with Crippen molar-refractivity contribution in [2.45, 2.75) is 40.5 Å². The summed E-state index contributed by atoms with van der Waals surface area (Å²) in [5, 5.41) is 2.43. The number of hydrogen-bond acceptors (Lipinski definition) is 3. The second-order valence-corrected chi connectivity index (χ2v) is 7.18. The van der Waals surface area contributed by atoms with Gasteiger partial charge < -0.3 is 9.64 Å². The smallest absolute Gasteiger partial charge is 0.128 e. The zero-order valence-corrected chi connectivity index (χ0v) is 17.2. The number of nitrogens with zero attached hydrogens (tertiary/aromatic N) is 2. The van der Waals surface area contributed by atoms with Gasteiger partial charge in [0.25, 0.3) is 0 Å². The third-order valence-corrected chi connectivity index (χ3v) is 5.00. The molecule has 0 bridgehead atoms. The molecular formula is C24H30N2O. The molecule has 1 heterocycles. The van der Waals surface area contributed by atoms with Gasteiger partial charge in [-0.25, -0.2) is 0 Å². The van der Waals surface area contributed by atoms with Crippen molar-refractivity contribution in [1.82, 2.24) is 4.98 Å². The molecule has 0 atom stereocenters. The predicted molar refractivity (Wildman–Crippen MR) is 116 cm³/mol. The van der Waals surface area contributed by atoms with Crippen LogP contribution in [-0.4, -0.2) is 25.2 Å². The van der Waals surface area contributed by atoms with E-state index in [4.69, 9.17) is 9.72 Å². The first-order valence-corrected chi connectivity index (χ1v) is 9.89. The van der Waals surface area contributed by atoms with E-state index in [9.17, 15) is 0 Å².